The van der Waals surface area contributed by atoms with Crippen molar-refractivity contribution in [3.05, 3.63) is 107 Å². The largest absolute Gasteiger partial charge is 0.494 e. The van der Waals surface area contributed by atoms with Gasteiger partial charge in [0, 0.05) is 11.1 Å². The third-order valence-electron chi connectivity index (χ3n) is 5.08. The van der Waals surface area contributed by atoms with E-state index in [9.17, 15) is 5.26 Å². The molecule has 4 heteroatoms. The number of nitriles is 1. The third-order valence-corrected chi connectivity index (χ3v) is 5.08. The number of benzene rings is 3. The minimum absolute atomic E-state index is 0.513. The van der Waals surface area contributed by atoms with Gasteiger partial charge >= 0.3 is 0 Å². The molecule has 3 aromatic rings. The van der Waals surface area contributed by atoms with Crippen molar-refractivity contribution in [2.24, 2.45) is 5.16 Å². The van der Waals surface area contributed by atoms with Gasteiger partial charge in [-0.2, -0.15) is 5.26 Å². The topological polar surface area (TPSA) is 54.6 Å². The highest BCUT2D eigenvalue weighted by Crippen LogP contribution is 2.39. The van der Waals surface area contributed by atoms with Crippen LogP contribution in [0.4, 0.5) is 0 Å². The highest BCUT2D eigenvalue weighted by molar-refractivity contribution is 6.27. The van der Waals surface area contributed by atoms with E-state index >= 15 is 0 Å². The second kappa shape index (κ2) is 9.11. The third kappa shape index (κ3) is 3.97. The normalized spacial score (nSPS) is 13.8. The highest BCUT2D eigenvalue weighted by Gasteiger charge is 2.30. The standard InChI is InChI=1S/C26H22N2O2/c1-29-28-26-23-17-21(30-16-8-11-19-9-4-2-5-10-19)14-15-22(23)25(24(26)18-27)20-12-6-3-7-13-20/h2-7,9-10,12-15,17H,8,11,16H2,1H3/b28-26+. The van der Waals surface area contributed by atoms with Gasteiger partial charge in [0.25, 0.3) is 0 Å². The smallest absolute Gasteiger partial charge is 0.129 e. The molecule has 4 rings (SSSR count). The monoisotopic (exact) mass is 394 g/mol. The summed E-state index contributed by atoms with van der Waals surface area (Å²) in [6.07, 6.45) is 1.90. The molecule has 148 valence electrons. The molecule has 0 unspecified atom stereocenters. The maximum absolute atomic E-state index is 9.84. The first-order valence-corrected chi connectivity index (χ1v) is 9.94. The van der Waals surface area contributed by atoms with Crippen molar-refractivity contribution in [1.29, 1.82) is 5.26 Å². The van der Waals surface area contributed by atoms with Gasteiger partial charge in [-0.05, 0) is 47.7 Å². The molecule has 3 aromatic carbocycles. The van der Waals surface area contributed by atoms with Crippen LogP contribution in [0.3, 0.4) is 0 Å². The fourth-order valence-electron chi connectivity index (χ4n) is 3.73. The number of aryl methyl sites for hydroxylation is 1. The second-order valence-electron chi connectivity index (χ2n) is 7.00. The van der Waals surface area contributed by atoms with Crippen molar-refractivity contribution in [3.8, 4) is 11.8 Å². The van der Waals surface area contributed by atoms with Crippen LogP contribution >= 0.6 is 0 Å². The molecule has 1 aliphatic carbocycles. The van der Waals surface area contributed by atoms with Crippen molar-refractivity contribution >= 4 is 11.3 Å². The Labute approximate surface area is 176 Å². The summed E-state index contributed by atoms with van der Waals surface area (Å²) in [4.78, 5) is 5.05. The molecule has 0 radical (unpaired) electrons. The molecule has 30 heavy (non-hydrogen) atoms. The Morgan fingerprint density at radius 1 is 0.900 bits per heavy atom. The predicted molar refractivity (Wildman–Crippen MR) is 118 cm³/mol. The zero-order chi connectivity index (χ0) is 20.8. The molecule has 0 N–H and O–H groups in total. The number of allylic oxidation sites excluding steroid dienone is 1. The van der Waals surface area contributed by atoms with E-state index in [2.05, 4.69) is 35.5 Å². The van der Waals surface area contributed by atoms with Crippen LogP contribution in [0.2, 0.25) is 0 Å². The molecular formula is C26H22N2O2. The first kappa shape index (κ1) is 19.5. The Hall–Kier alpha value is -3.84. The number of nitrogens with zero attached hydrogens (tertiary/aromatic N) is 2. The fraction of sp³-hybridized carbons (Fsp3) is 0.154. The molecule has 0 heterocycles. The molecule has 0 aliphatic heterocycles. The number of oxime groups is 1. The Balaban J connectivity index is 1.57. The van der Waals surface area contributed by atoms with Gasteiger partial charge in [0.2, 0.25) is 0 Å². The van der Waals surface area contributed by atoms with E-state index in [-0.39, 0.29) is 0 Å². The van der Waals surface area contributed by atoms with Gasteiger partial charge < -0.3 is 9.57 Å². The summed E-state index contributed by atoms with van der Waals surface area (Å²) in [5.41, 5.74) is 6.04. The van der Waals surface area contributed by atoms with Crippen LogP contribution in [0.15, 0.2) is 89.6 Å². The van der Waals surface area contributed by atoms with E-state index in [0.29, 0.717) is 17.9 Å². The van der Waals surface area contributed by atoms with Crippen LogP contribution in [0, 0.1) is 11.3 Å². The van der Waals surface area contributed by atoms with E-state index in [4.69, 9.17) is 9.57 Å². The quantitative estimate of drug-likeness (QED) is 0.399. The van der Waals surface area contributed by atoms with Crippen LogP contribution < -0.4 is 4.74 Å². The molecule has 1 aliphatic rings. The second-order valence-corrected chi connectivity index (χ2v) is 7.00. The molecule has 0 bridgehead atoms. The molecule has 0 fully saturated rings. The Bertz CT molecular complexity index is 1130. The van der Waals surface area contributed by atoms with E-state index in [1.54, 1.807) is 0 Å². The lowest BCUT2D eigenvalue weighted by atomic mass is 9.98. The first-order valence-electron chi connectivity index (χ1n) is 9.94. The zero-order valence-corrected chi connectivity index (χ0v) is 16.8. The van der Waals surface area contributed by atoms with Gasteiger partial charge in [-0.25, -0.2) is 0 Å². The molecule has 0 amide bonds. The molecule has 0 atom stereocenters. The minimum Gasteiger partial charge on any atom is -0.494 e. The van der Waals surface area contributed by atoms with Crippen molar-refractivity contribution in [2.45, 2.75) is 12.8 Å². The van der Waals surface area contributed by atoms with Gasteiger partial charge in [0.1, 0.15) is 24.6 Å². The van der Waals surface area contributed by atoms with E-state index in [1.165, 1.54) is 12.7 Å². The molecular weight excluding hydrogens is 372 g/mol. The summed E-state index contributed by atoms with van der Waals surface area (Å²) in [5.74, 6) is 0.761. The van der Waals surface area contributed by atoms with E-state index in [1.807, 2.05) is 54.6 Å². The van der Waals surface area contributed by atoms with Crippen molar-refractivity contribution < 1.29 is 9.57 Å². The van der Waals surface area contributed by atoms with Crippen molar-refractivity contribution in [1.82, 2.24) is 0 Å². The number of ether oxygens (including phenoxy) is 1. The lowest BCUT2D eigenvalue weighted by Gasteiger charge is -2.10. The zero-order valence-electron chi connectivity index (χ0n) is 16.8. The maximum atomic E-state index is 9.84. The van der Waals surface area contributed by atoms with Crippen LogP contribution in [-0.2, 0) is 11.3 Å². The summed E-state index contributed by atoms with van der Waals surface area (Å²) in [6, 6.07) is 28.5. The summed E-state index contributed by atoms with van der Waals surface area (Å²) in [7, 11) is 1.49. The summed E-state index contributed by atoms with van der Waals surface area (Å²) < 4.78 is 5.99. The SMILES string of the molecule is CO/N=C1/C(C#N)=C(c2ccccc2)c2ccc(OCCCc3ccccc3)cc21. The molecule has 0 aromatic heterocycles. The number of hydrogen-bond donors (Lipinski definition) is 0. The van der Waals surface area contributed by atoms with E-state index in [0.717, 1.165) is 40.9 Å². The number of fused-ring (bicyclic) bond motifs is 1. The molecule has 0 saturated carbocycles. The average Bonchev–Trinajstić information content (AvgIpc) is 3.11. The highest BCUT2D eigenvalue weighted by atomic mass is 16.6. The molecule has 4 nitrogen and oxygen atoms in total. The summed E-state index contributed by atoms with van der Waals surface area (Å²) in [5, 5.41) is 14.0. The van der Waals surface area contributed by atoms with Gasteiger partial charge in [-0.3, -0.25) is 0 Å². The van der Waals surface area contributed by atoms with Gasteiger partial charge in [-0.1, -0.05) is 65.8 Å². The van der Waals surface area contributed by atoms with Crippen LogP contribution in [0.1, 0.15) is 28.7 Å². The van der Waals surface area contributed by atoms with Crippen LogP contribution in [0.25, 0.3) is 5.57 Å². The van der Waals surface area contributed by atoms with Crippen molar-refractivity contribution in [3.63, 3.8) is 0 Å². The maximum Gasteiger partial charge on any atom is 0.129 e. The summed E-state index contributed by atoms with van der Waals surface area (Å²) >= 11 is 0. The Morgan fingerprint density at radius 3 is 2.33 bits per heavy atom. The lowest BCUT2D eigenvalue weighted by Crippen LogP contribution is -2.03. The lowest BCUT2D eigenvalue weighted by molar-refractivity contribution is 0.214. The molecule has 0 saturated heterocycles. The predicted octanol–water partition coefficient (Wildman–Crippen LogP) is 5.39. The van der Waals surface area contributed by atoms with Gasteiger partial charge in [0.05, 0.1) is 12.2 Å². The molecule has 0 spiro atoms. The van der Waals surface area contributed by atoms with Gasteiger partial charge in [0.15, 0.2) is 0 Å². The van der Waals surface area contributed by atoms with Crippen LogP contribution in [0.5, 0.6) is 5.75 Å². The Kier molecular flexibility index (Phi) is 5.91. The number of hydrogen-bond acceptors (Lipinski definition) is 4. The summed E-state index contributed by atoms with van der Waals surface area (Å²) in [6.45, 7) is 0.620. The van der Waals surface area contributed by atoms with Crippen LogP contribution in [-0.4, -0.2) is 19.4 Å². The number of rotatable bonds is 7. The minimum atomic E-state index is 0.513. The average molecular weight is 394 g/mol. The fourth-order valence-corrected chi connectivity index (χ4v) is 3.73. The first-order chi connectivity index (χ1) is 14.8. The van der Waals surface area contributed by atoms with Gasteiger partial charge in [-0.15, -0.1) is 0 Å². The van der Waals surface area contributed by atoms with E-state index < -0.39 is 0 Å². The van der Waals surface area contributed by atoms with Crippen molar-refractivity contribution in [2.75, 3.05) is 13.7 Å². The Morgan fingerprint density at radius 2 is 1.63 bits per heavy atom.